The Morgan fingerprint density at radius 3 is 2.67 bits per heavy atom. The van der Waals surface area contributed by atoms with Crippen LogP contribution in [0.3, 0.4) is 0 Å². The Morgan fingerprint density at radius 1 is 1.03 bits per heavy atom. The van der Waals surface area contributed by atoms with Crippen LogP contribution in [0.1, 0.15) is 63.4 Å². The number of H-pyrrole nitrogens is 1. The Labute approximate surface area is 173 Å². The smallest absolute Gasteiger partial charge is 0.272 e. The van der Waals surface area contributed by atoms with Crippen LogP contribution in [0.2, 0.25) is 0 Å². The van der Waals surface area contributed by atoms with Gasteiger partial charge in [0.2, 0.25) is 11.8 Å². The van der Waals surface area contributed by atoms with Gasteiger partial charge in [-0.1, -0.05) is 0 Å². The molecule has 1 aromatic carbocycles. The lowest BCUT2D eigenvalue weighted by Crippen LogP contribution is -2.52. The van der Waals surface area contributed by atoms with Gasteiger partial charge in [0.25, 0.3) is 11.8 Å². The molecule has 8 heteroatoms. The lowest BCUT2D eigenvalue weighted by molar-refractivity contribution is -0.136. The topological polar surface area (TPSA) is 111 Å². The second-order valence-corrected chi connectivity index (χ2v) is 8.12. The fourth-order valence-electron chi connectivity index (χ4n) is 4.58. The fourth-order valence-corrected chi connectivity index (χ4v) is 4.58. The van der Waals surface area contributed by atoms with Gasteiger partial charge in [-0.25, -0.2) is 0 Å². The third-order valence-corrected chi connectivity index (χ3v) is 6.14. The zero-order valence-corrected chi connectivity index (χ0v) is 16.4. The van der Waals surface area contributed by atoms with Crippen molar-refractivity contribution < 1.29 is 19.2 Å². The number of benzene rings is 1. The van der Waals surface area contributed by atoms with Gasteiger partial charge in [-0.3, -0.25) is 24.5 Å². The standard InChI is InChI=1S/C22H22N4O4/c27-19-8-7-18(21(29)25-19)26-11-13-9-14(5-6-15(13)22(26)30)23-20(28)17-10-12-3-1-2-4-16(12)24-17/h5-6,9-10,18,24H,1-4,7-8,11H2,(H,23,28)(H,25,27,29). The highest BCUT2D eigenvalue weighted by molar-refractivity contribution is 6.06. The Bertz CT molecular complexity index is 1060. The zero-order chi connectivity index (χ0) is 20.8. The Morgan fingerprint density at radius 2 is 1.87 bits per heavy atom. The van der Waals surface area contributed by atoms with Crippen molar-refractivity contribution in [1.29, 1.82) is 0 Å². The number of imide groups is 1. The van der Waals surface area contributed by atoms with Crippen LogP contribution in [-0.2, 0) is 29.0 Å². The number of anilines is 1. The first kappa shape index (κ1) is 18.6. The number of rotatable bonds is 3. The lowest BCUT2D eigenvalue weighted by atomic mass is 9.98. The molecule has 3 aliphatic rings. The number of carbonyl (C=O) groups is 4. The number of aryl methyl sites for hydroxylation is 2. The third-order valence-electron chi connectivity index (χ3n) is 6.14. The predicted octanol–water partition coefficient (Wildman–Crippen LogP) is 1.91. The van der Waals surface area contributed by atoms with E-state index in [2.05, 4.69) is 15.6 Å². The number of nitrogens with one attached hydrogen (secondary N) is 3. The first-order valence-corrected chi connectivity index (χ1v) is 10.3. The maximum absolute atomic E-state index is 12.8. The molecule has 1 saturated heterocycles. The molecule has 30 heavy (non-hydrogen) atoms. The number of amides is 4. The number of aromatic amines is 1. The zero-order valence-electron chi connectivity index (χ0n) is 16.4. The number of nitrogens with zero attached hydrogens (tertiary/aromatic N) is 1. The number of aromatic nitrogens is 1. The summed E-state index contributed by atoms with van der Waals surface area (Å²) in [5.74, 6) is -1.18. The SMILES string of the molecule is O=C1CCC(N2Cc3cc(NC(=O)c4cc5c([nH]4)CCCC5)ccc3C2=O)C(=O)N1. The molecule has 3 N–H and O–H groups in total. The van der Waals surface area contributed by atoms with Crippen molar-refractivity contribution >= 4 is 29.3 Å². The maximum atomic E-state index is 12.8. The molecule has 1 unspecified atom stereocenters. The van der Waals surface area contributed by atoms with Gasteiger partial charge in [-0.05, 0) is 67.5 Å². The molecule has 2 aromatic rings. The molecule has 1 fully saturated rings. The van der Waals surface area contributed by atoms with Crippen molar-refractivity contribution in [3.05, 3.63) is 52.3 Å². The average molecular weight is 406 g/mol. The summed E-state index contributed by atoms with van der Waals surface area (Å²) in [6.45, 7) is 0.279. The van der Waals surface area contributed by atoms with Crippen molar-refractivity contribution in [3.63, 3.8) is 0 Å². The molecule has 3 heterocycles. The van der Waals surface area contributed by atoms with Gasteiger partial charge < -0.3 is 15.2 Å². The van der Waals surface area contributed by atoms with E-state index in [1.165, 1.54) is 10.5 Å². The molecule has 8 nitrogen and oxygen atoms in total. The second kappa shape index (κ2) is 7.12. The molecule has 1 atom stereocenters. The lowest BCUT2D eigenvalue weighted by Gasteiger charge is -2.29. The molecule has 5 rings (SSSR count). The quantitative estimate of drug-likeness (QED) is 0.676. The van der Waals surface area contributed by atoms with E-state index in [1.807, 2.05) is 6.07 Å². The number of fused-ring (bicyclic) bond motifs is 2. The highest BCUT2D eigenvalue weighted by atomic mass is 16.2. The molecule has 2 aliphatic heterocycles. The van der Waals surface area contributed by atoms with Crippen LogP contribution in [0, 0.1) is 0 Å². The number of piperidine rings is 1. The first-order chi connectivity index (χ1) is 14.5. The van der Waals surface area contributed by atoms with Crippen LogP contribution in [0.15, 0.2) is 24.3 Å². The van der Waals surface area contributed by atoms with E-state index in [9.17, 15) is 19.2 Å². The minimum Gasteiger partial charge on any atom is -0.354 e. The summed E-state index contributed by atoms with van der Waals surface area (Å²) in [5, 5.41) is 5.19. The van der Waals surface area contributed by atoms with Crippen LogP contribution in [0.4, 0.5) is 5.69 Å². The number of carbonyl (C=O) groups excluding carboxylic acids is 4. The molecular formula is C22H22N4O4. The summed E-state index contributed by atoms with van der Waals surface area (Å²) in [6.07, 6.45) is 4.80. The Hall–Kier alpha value is -3.42. The van der Waals surface area contributed by atoms with E-state index < -0.39 is 11.9 Å². The van der Waals surface area contributed by atoms with E-state index in [1.54, 1.807) is 18.2 Å². The maximum Gasteiger partial charge on any atom is 0.272 e. The van der Waals surface area contributed by atoms with Gasteiger partial charge >= 0.3 is 0 Å². The molecule has 0 radical (unpaired) electrons. The fraction of sp³-hybridized carbons (Fsp3) is 0.364. The average Bonchev–Trinajstić information content (AvgIpc) is 3.29. The molecular weight excluding hydrogens is 384 g/mol. The molecule has 1 aromatic heterocycles. The first-order valence-electron chi connectivity index (χ1n) is 10.3. The molecule has 0 bridgehead atoms. The van der Waals surface area contributed by atoms with Crippen molar-refractivity contribution in [1.82, 2.24) is 15.2 Å². The van der Waals surface area contributed by atoms with Crippen LogP contribution >= 0.6 is 0 Å². The largest absolute Gasteiger partial charge is 0.354 e. The van der Waals surface area contributed by atoms with Crippen LogP contribution in [0.25, 0.3) is 0 Å². The van der Waals surface area contributed by atoms with Gasteiger partial charge in [0, 0.05) is 29.9 Å². The third kappa shape index (κ3) is 3.18. The van der Waals surface area contributed by atoms with E-state index >= 15 is 0 Å². The van der Waals surface area contributed by atoms with Crippen molar-refractivity contribution in [2.45, 2.75) is 51.1 Å². The van der Waals surface area contributed by atoms with Crippen molar-refractivity contribution in [3.8, 4) is 0 Å². The highest BCUT2D eigenvalue weighted by Crippen LogP contribution is 2.30. The summed E-state index contributed by atoms with van der Waals surface area (Å²) in [4.78, 5) is 53.7. The summed E-state index contributed by atoms with van der Waals surface area (Å²) < 4.78 is 0. The molecule has 154 valence electrons. The minimum absolute atomic E-state index is 0.212. The van der Waals surface area contributed by atoms with E-state index in [0.717, 1.165) is 36.9 Å². The normalized spacial score (nSPS) is 20.6. The summed E-state index contributed by atoms with van der Waals surface area (Å²) in [7, 11) is 0. The van der Waals surface area contributed by atoms with E-state index in [0.29, 0.717) is 23.4 Å². The second-order valence-electron chi connectivity index (χ2n) is 8.12. The molecule has 0 spiro atoms. The highest BCUT2D eigenvalue weighted by Gasteiger charge is 2.39. The van der Waals surface area contributed by atoms with Gasteiger partial charge in [0.1, 0.15) is 11.7 Å². The van der Waals surface area contributed by atoms with Gasteiger partial charge in [-0.15, -0.1) is 0 Å². The van der Waals surface area contributed by atoms with Gasteiger partial charge in [0.15, 0.2) is 0 Å². The van der Waals surface area contributed by atoms with Gasteiger partial charge in [-0.2, -0.15) is 0 Å². The molecule has 1 aliphatic carbocycles. The number of hydrogen-bond acceptors (Lipinski definition) is 4. The summed E-state index contributed by atoms with van der Waals surface area (Å²) in [5.41, 5.74) is 4.78. The van der Waals surface area contributed by atoms with Crippen molar-refractivity contribution in [2.75, 3.05) is 5.32 Å². The minimum atomic E-state index is -0.647. The number of hydrogen-bond donors (Lipinski definition) is 3. The monoisotopic (exact) mass is 406 g/mol. The van der Waals surface area contributed by atoms with Crippen molar-refractivity contribution in [2.24, 2.45) is 0 Å². The van der Waals surface area contributed by atoms with Gasteiger partial charge in [0.05, 0.1) is 0 Å². The van der Waals surface area contributed by atoms with E-state index in [4.69, 9.17) is 0 Å². The summed E-state index contributed by atoms with van der Waals surface area (Å²) >= 11 is 0. The predicted molar refractivity (Wildman–Crippen MR) is 108 cm³/mol. The Kier molecular flexibility index (Phi) is 4.42. The summed E-state index contributed by atoms with van der Waals surface area (Å²) in [6, 6.07) is 6.43. The van der Waals surface area contributed by atoms with Crippen LogP contribution in [-0.4, -0.2) is 39.6 Å². The van der Waals surface area contributed by atoms with E-state index in [-0.39, 0.29) is 30.7 Å². The van der Waals surface area contributed by atoms with Crippen LogP contribution < -0.4 is 10.6 Å². The van der Waals surface area contributed by atoms with Crippen LogP contribution in [0.5, 0.6) is 0 Å². The molecule has 0 saturated carbocycles. The molecule has 4 amide bonds. The Balaban J connectivity index is 1.32.